The number of H-pyrrole nitrogens is 1. The molecule has 0 radical (unpaired) electrons. The second-order valence-electron chi connectivity index (χ2n) is 6.76. The van der Waals surface area contributed by atoms with E-state index in [0.29, 0.717) is 5.69 Å². The fraction of sp³-hybridized carbons (Fsp3) is 0.588. The first-order chi connectivity index (χ1) is 11.4. The Kier molecular flexibility index (Phi) is 4.45. The predicted octanol–water partition coefficient (Wildman–Crippen LogP) is 1.77. The van der Waals surface area contributed by atoms with Gasteiger partial charge in [0.1, 0.15) is 5.69 Å². The second-order valence-corrected chi connectivity index (χ2v) is 6.76. The van der Waals surface area contributed by atoms with Crippen LogP contribution in [0.4, 0.5) is 0 Å². The van der Waals surface area contributed by atoms with E-state index in [9.17, 15) is 4.79 Å². The van der Waals surface area contributed by atoms with E-state index in [0.717, 1.165) is 48.5 Å². The SMILES string of the molecule is Cc1nn(C)c(C)c1-c1cc(C(=O)N2CCCCC2C(C)N)[nH]n1. The molecule has 3 N–H and O–H groups in total. The first kappa shape index (κ1) is 16.7. The molecule has 2 atom stereocenters. The molecule has 1 fully saturated rings. The minimum atomic E-state index is -0.0283. The topological polar surface area (TPSA) is 92.8 Å². The number of aromatic amines is 1. The zero-order valence-corrected chi connectivity index (χ0v) is 14.8. The number of carbonyl (C=O) groups excluding carboxylic acids is 1. The smallest absolute Gasteiger partial charge is 0.272 e. The van der Waals surface area contributed by atoms with Crippen molar-refractivity contribution in [3.63, 3.8) is 0 Å². The number of likely N-dealkylation sites (tertiary alicyclic amines) is 1. The van der Waals surface area contributed by atoms with Crippen LogP contribution in [-0.2, 0) is 7.05 Å². The van der Waals surface area contributed by atoms with E-state index in [-0.39, 0.29) is 18.0 Å². The molecule has 0 spiro atoms. The van der Waals surface area contributed by atoms with Crippen LogP contribution in [0.25, 0.3) is 11.3 Å². The van der Waals surface area contributed by atoms with E-state index in [1.54, 1.807) is 0 Å². The van der Waals surface area contributed by atoms with Crippen LogP contribution in [-0.4, -0.2) is 49.4 Å². The number of aryl methyl sites for hydroxylation is 2. The zero-order chi connectivity index (χ0) is 17.4. The second kappa shape index (κ2) is 6.39. The van der Waals surface area contributed by atoms with Gasteiger partial charge in [-0.1, -0.05) is 0 Å². The van der Waals surface area contributed by atoms with Gasteiger partial charge in [-0.3, -0.25) is 14.6 Å². The normalized spacial score (nSPS) is 19.5. The molecule has 0 aliphatic carbocycles. The Hall–Kier alpha value is -2.15. The predicted molar refractivity (Wildman–Crippen MR) is 92.6 cm³/mol. The summed E-state index contributed by atoms with van der Waals surface area (Å²) in [5.41, 5.74) is 10.3. The Bertz CT molecular complexity index is 744. The van der Waals surface area contributed by atoms with Gasteiger partial charge < -0.3 is 10.6 Å². The lowest BCUT2D eigenvalue weighted by molar-refractivity contribution is 0.0577. The standard InChI is InChI=1S/C17H26N6O/c1-10(18)15-7-5-6-8-23(15)17(24)14-9-13(19-20-14)16-11(2)21-22(4)12(16)3/h9-10,15H,5-8,18H2,1-4H3,(H,19,20). The maximum absolute atomic E-state index is 12.9. The van der Waals surface area contributed by atoms with Crippen molar-refractivity contribution in [1.82, 2.24) is 24.9 Å². The first-order valence-electron chi connectivity index (χ1n) is 8.52. The molecule has 1 aliphatic rings. The number of nitrogens with one attached hydrogen (secondary N) is 1. The van der Waals surface area contributed by atoms with Gasteiger partial charge in [0.25, 0.3) is 5.91 Å². The van der Waals surface area contributed by atoms with E-state index in [1.807, 2.05) is 43.5 Å². The molecule has 0 bridgehead atoms. The Balaban J connectivity index is 1.88. The van der Waals surface area contributed by atoms with Gasteiger partial charge >= 0.3 is 0 Å². The van der Waals surface area contributed by atoms with Crippen LogP contribution in [0.3, 0.4) is 0 Å². The molecule has 1 amide bonds. The van der Waals surface area contributed by atoms with Crippen molar-refractivity contribution in [1.29, 1.82) is 0 Å². The number of amides is 1. The third-order valence-electron chi connectivity index (χ3n) is 4.99. The van der Waals surface area contributed by atoms with Gasteiger partial charge in [0.2, 0.25) is 0 Å². The van der Waals surface area contributed by atoms with Crippen LogP contribution >= 0.6 is 0 Å². The molecular formula is C17H26N6O. The Morgan fingerprint density at radius 1 is 1.42 bits per heavy atom. The van der Waals surface area contributed by atoms with E-state index < -0.39 is 0 Å². The highest BCUT2D eigenvalue weighted by atomic mass is 16.2. The monoisotopic (exact) mass is 330 g/mol. The molecule has 1 saturated heterocycles. The van der Waals surface area contributed by atoms with Crippen molar-refractivity contribution in [3.8, 4) is 11.3 Å². The highest BCUT2D eigenvalue weighted by Crippen LogP contribution is 2.26. The number of nitrogens with zero attached hydrogens (tertiary/aromatic N) is 4. The summed E-state index contributed by atoms with van der Waals surface area (Å²) < 4.78 is 1.83. The van der Waals surface area contributed by atoms with E-state index in [2.05, 4.69) is 15.3 Å². The van der Waals surface area contributed by atoms with Gasteiger partial charge in [-0.15, -0.1) is 0 Å². The largest absolute Gasteiger partial charge is 0.333 e. The molecule has 7 nitrogen and oxygen atoms in total. The highest BCUT2D eigenvalue weighted by molar-refractivity contribution is 5.93. The van der Waals surface area contributed by atoms with E-state index in [1.165, 1.54) is 0 Å². The number of aromatic nitrogens is 4. The summed E-state index contributed by atoms with van der Waals surface area (Å²) >= 11 is 0. The molecule has 24 heavy (non-hydrogen) atoms. The lowest BCUT2D eigenvalue weighted by Crippen LogP contribution is -2.51. The quantitative estimate of drug-likeness (QED) is 0.897. The fourth-order valence-electron chi connectivity index (χ4n) is 3.61. The number of carbonyl (C=O) groups is 1. The van der Waals surface area contributed by atoms with Crippen molar-refractivity contribution in [2.75, 3.05) is 6.54 Å². The number of rotatable bonds is 3. The summed E-state index contributed by atoms with van der Waals surface area (Å²) in [4.78, 5) is 14.8. The van der Waals surface area contributed by atoms with E-state index >= 15 is 0 Å². The summed E-state index contributed by atoms with van der Waals surface area (Å²) in [6.07, 6.45) is 3.11. The summed E-state index contributed by atoms with van der Waals surface area (Å²) in [7, 11) is 1.91. The molecule has 3 heterocycles. The van der Waals surface area contributed by atoms with Crippen molar-refractivity contribution < 1.29 is 4.79 Å². The first-order valence-corrected chi connectivity index (χ1v) is 8.52. The number of hydrogen-bond donors (Lipinski definition) is 2. The van der Waals surface area contributed by atoms with Gasteiger partial charge in [0.05, 0.1) is 11.4 Å². The average Bonchev–Trinajstić information content (AvgIpc) is 3.12. The van der Waals surface area contributed by atoms with Crippen molar-refractivity contribution >= 4 is 5.91 Å². The highest BCUT2D eigenvalue weighted by Gasteiger charge is 2.31. The molecule has 3 rings (SSSR count). The minimum Gasteiger partial charge on any atom is -0.333 e. The average molecular weight is 330 g/mol. The Morgan fingerprint density at radius 3 is 2.79 bits per heavy atom. The zero-order valence-electron chi connectivity index (χ0n) is 14.8. The molecule has 0 saturated carbocycles. The third-order valence-corrected chi connectivity index (χ3v) is 4.99. The maximum Gasteiger partial charge on any atom is 0.272 e. The van der Waals surface area contributed by atoms with Gasteiger partial charge in [-0.2, -0.15) is 10.2 Å². The Labute approximate surface area is 142 Å². The lowest BCUT2D eigenvalue weighted by atomic mass is 9.96. The lowest BCUT2D eigenvalue weighted by Gasteiger charge is -2.37. The maximum atomic E-state index is 12.9. The summed E-state index contributed by atoms with van der Waals surface area (Å²) in [5.74, 6) is -0.0186. The van der Waals surface area contributed by atoms with Crippen LogP contribution in [0, 0.1) is 13.8 Å². The molecule has 2 unspecified atom stereocenters. The van der Waals surface area contributed by atoms with Gasteiger partial charge in [0.15, 0.2) is 0 Å². The Morgan fingerprint density at radius 2 is 2.17 bits per heavy atom. The van der Waals surface area contributed by atoms with Crippen molar-refractivity contribution in [2.24, 2.45) is 12.8 Å². The number of hydrogen-bond acceptors (Lipinski definition) is 4. The molecule has 2 aromatic heterocycles. The molecule has 7 heteroatoms. The third kappa shape index (κ3) is 2.84. The van der Waals surface area contributed by atoms with Crippen molar-refractivity contribution in [2.45, 2.75) is 52.1 Å². The molecular weight excluding hydrogens is 304 g/mol. The molecule has 0 aromatic carbocycles. The van der Waals surface area contributed by atoms with Crippen molar-refractivity contribution in [3.05, 3.63) is 23.1 Å². The number of piperidine rings is 1. The van der Waals surface area contributed by atoms with Crippen LogP contribution in [0.2, 0.25) is 0 Å². The molecule has 2 aromatic rings. The van der Waals surface area contributed by atoms with Gasteiger partial charge in [-0.25, -0.2) is 0 Å². The number of nitrogens with two attached hydrogens (primary N) is 1. The fourth-order valence-corrected chi connectivity index (χ4v) is 3.61. The summed E-state index contributed by atoms with van der Waals surface area (Å²) in [6, 6.07) is 1.89. The molecule has 130 valence electrons. The van der Waals surface area contributed by atoms with Crippen LogP contribution in [0.1, 0.15) is 48.1 Å². The summed E-state index contributed by atoms with van der Waals surface area (Å²) in [5, 5.41) is 11.7. The van der Waals surface area contributed by atoms with Crippen LogP contribution < -0.4 is 5.73 Å². The van der Waals surface area contributed by atoms with Crippen LogP contribution in [0.5, 0.6) is 0 Å². The minimum absolute atomic E-state index is 0.0186. The van der Waals surface area contributed by atoms with Crippen LogP contribution in [0.15, 0.2) is 6.07 Å². The van der Waals surface area contributed by atoms with E-state index in [4.69, 9.17) is 5.73 Å². The molecule has 1 aliphatic heterocycles. The van der Waals surface area contributed by atoms with Gasteiger partial charge in [0, 0.05) is 36.9 Å². The van der Waals surface area contributed by atoms with Gasteiger partial charge in [-0.05, 0) is 46.1 Å². The summed E-state index contributed by atoms with van der Waals surface area (Å²) in [6.45, 7) is 6.68.